The number of nitrogens with two attached hydrogens (primary N) is 2. The molecule has 0 aromatic heterocycles. The van der Waals surface area contributed by atoms with Crippen molar-refractivity contribution in [2.24, 2.45) is 11.5 Å². The van der Waals surface area contributed by atoms with Crippen LogP contribution in [-0.2, 0) is 12.4 Å². The minimum absolute atomic E-state index is 0.0399. The van der Waals surface area contributed by atoms with Crippen molar-refractivity contribution in [1.82, 2.24) is 0 Å². The molecule has 0 saturated heterocycles. The number of anilines is 1. The summed E-state index contributed by atoms with van der Waals surface area (Å²) in [5.41, 5.74) is 11.5. The molecule has 0 aliphatic rings. The van der Waals surface area contributed by atoms with Crippen LogP contribution in [0.1, 0.15) is 27.6 Å². The Hall–Kier alpha value is -0.722. The van der Waals surface area contributed by atoms with E-state index in [0.29, 0.717) is 20.4 Å². The van der Waals surface area contributed by atoms with E-state index < -0.39 is 26.0 Å². The molecule has 30 heavy (non-hydrogen) atoms. The summed E-state index contributed by atoms with van der Waals surface area (Å²) in [6.07, 6.45) is 0. The fourth-order valence-corrected chi connectivity index (χ4v) is 7.89. The predicted molar refractivity (Wildman–Crippen MR) is 134 cm³/mol. The average Bonchev–Trinajstić information content (AvgIpc) is 2.60. The molecule has 0 aliphatic carbocycles. The molecule has 10 nitrogen and oxygen atoms in total. The molecule has 162 valence electrons. The van der Waals surface area contributed by atoms with Gasteiger partial charge >= 0.3 is 88.4 Å². The standard InChI is InChI=1S/C8H10AsNO5.C8H5I3N2O2/c1-6(11)10-8-4-2-3-7(5-8)9(12,13)15-14;9-2-1-3(10)5(8(13)15)6(11)4(2)7(12)14/h2-5,14H,1H3,(H,10,11)(H,12,13);1H,(H2,12,14)(H2,13,15). The second kappa shape index (κ2) is 11.8. The van der Waals surface area contributed by atoms with E-state index in [1.54, 1.807) is 12.1 Å². The number of amides is 3. The smallest absolute Gasteiger partial charge is 0.250 e. The largest absolute Gasteiger partial charge is 0.366 e. The minimum Gasteiger partial charge on any atom is -0.366 e. The molecule has 1 atom stereocenters. The second-order valence-electron chi connectivity index (χ2n) is 5.47. The number of rotatable bonds is 5. The van der Waals surface area contributed by atoms with E-state index in [1.165, 1.54) is 25.1 Å². The van der Waals surface area contributed by atoms with Crippen LogP contribution < -0.4 is 21.1 Å². The van der Waals surface area contributed by atoms with Gasteiger partial charge in [-0.15, -0.1) is 0 Å². The van der Waals surface area contributed by atoms with Gasteiger partial charge in [0.15, 0.2) is 0 Å². The molecule has 0 saturated carbocycles. The van der Waals surface area contributed by atoms with Crippen LogP contribution >= 0.6 is 67.8 Å². The molecule has 0 heterocycles. The molecule has 0 aliphatic heterocycles. The molecule has 2 aromatic rings. The first-order valence-electron chi connectivity index (χ1n) is 7.63. The van der Waals surface area contributed by atoms with Gasteiger partial charge in [-0.05, 0) is 73.8 Å². The van der Waals surface area contributed by atoms with Gasteiger partial charge in [-0.1, -0.05) is 0 Å². The number of hydrogen-bond donors (Lipinski definition) is 5. The van der Waals surface area contributed by atoms with Crippen LogP contribution in [0.3, 0.4) is 0 Å². The first-order valence-corrected chi connectivity index (χ1v) is 14.2. The molecule has 0 radical (unpaired) electrons. The maximum absolute atomic E-state index is 11.3. The van der Waals surface area contributed by atoms with E-state index >= 15 is 0 Å². The van der Waals surface area contributed by atoms with E-state index in [4.69, 9.17) is 16.7 Å². The third-order valence-electron chi connectivity index (χ3n) is 3.27. The maximum Gasteiger partial charge on any atom is 0.250 e. The number of primary amides is 2. The zero-order valence-electron chi connectivity index (χ0n) is 15.1. The molecule has 2 rings (SSSR count). The molecule has 3 amide bonds. The van der Waals surface area contributed by atoms with Crippen LogP contribution in [0.25, 0.3) is 0 Å². The van der Waals surface area contributed by atoms with Crippen molar-refractivity contribution >= 4 is 110 Å². The summed E-state index contributed by atoms with van der Waals surface area (Å²) in [7, 11) is 0. The van der Waals surface area contributed by atoms with Crippen molar-refractivity contribution in [3.05, 3.63) is 52.2 Å². The van der Waals surface area contributed by atoms with Crippen molar-refractivity contribution in [3.63, 3.8) is 0 Å². The van der Waals surface area contributed by atoms with Gasteiger partial charge in [0.2, 0.25) is 0 Å². The second-order valence-corrected chi connectivity index (χ2v) is 12.5. The van der Waals surface area contributed by atoms with E-state index in [-0.39, 0.29) is 10.3 Å². The zero-order chi connectivity index (χ0) is 23.2. The molecule has 7 N–H and O–H groups in total. The van der Waals surface area contributed by atoms with Crippen LogP contribution in [0.2, 0.25) is 0 Å². The third-order valence-corrected chi connectivity index (χ3v) is 8.46. The number of carbonyl (C=O) groups is 3. The Bertz CT molecular complexity index is 1010. The normalized spacial score (nSPS) is 12.2. The minimum atomic E-state index is -4.83. The number of benzene rings is 2. The van der Waals surface area contributed by atoms with Gasteiger partial charge in [0.05, 0.1) is 11.1 Å². The Morgan fingerprint density at radius 3 is 1.93 bits per heavy atom. The molecular weight excluding hydrogens is 802 g/mol. The summed E-state index contributed by atoms with van der Waals surface area (Å²) in [4.78, 5) is 33.1. The SMILES string of the molecule is CC(=O)Nc1cccc([As](=O)(O)OO)c1.NC(=O)c1c(I)cc(I)c(C(N)=O)c1I. The number of halogens is 3. The monoisotopic (exact) mass is 817 g/mol. The van der Waals surface area contributed by atoms with Crippen molar-refractivity contribution in [2.45, 2.75) is 6.92 Å². The summed E-state index contributed by atoms with van der Waals surface area (Å²) in [5, 5.41) is 10.7. The molecule has 1 unspecified atom stereocenters. The molecular formula is C16H15AsI3N3O7. The zero-order valence-corrected chi connectivity index (χ0v) is 23.4. The van der Waals surface area contributed by atoms with Crippen molar-refractivity contribution in [3.8, 4) is 0 Å². The van der Waals surface area contributed by atoms with Gasteiger partial charge in [-0.25, -0.2) is 0 Å². The molecule has 0 spiro atoms. The van der Waals surface area contributed by atoms with E-state index in [9.17, 15) is 22.2 Å². The van der Waals surface area contributed by atoms with Crippen molar-refractivity contribution < 1.29 is 31.4 Å². The van der Waals surface area contributed by atoms with E-state index in [1.807, 2.05) is 67.8 Å². The molecule has 0 fully saturated rings. The fourth-order valence-electron chi connectivity index (χ4n) is 2.05. The number of hydrogen-bond acceptors (Lipinski definition) is 6. The molecule has 0 bridgehead atoms. The van der Waals surface area contributed by atoms with Crippen LogP contribution in [0.5, 0.6) is 0 Å². The maximum atomic E-state index is 11.3. The van der Waals surface area contributed by atoms with Gasteiger partial charge in [-0.2, -0.15) is 0 Å². The predicted octanol–water partition coefficient (Wildman–Crippen LogP) is 1.40. The Kier molecular flexibility index (Phi) is 10.7. The topological polar surface area (TPSA) is 182 Å². The van der Waals surface area contributed by atoms with Gasteiger partial charge < -0.3 is 11.5 Å². The Balaban J connectivity index is 0.000000300. The molecule has 2 aromatic carbocycles. The summed E-state index contributed by atoms with van der Waals surface area (Å²) < 4.78 is 25.9. The van der Waals surface area contributed by atoms with E-state index in [0.717, 1.165) is 7.14 Å². The van der Waals surface area contributed by atoms with Crippen LogP contribution in [0.15, 0.2) is 30.3 Å². The number of carbonyl (C=O) groups excluding carboxylic acids is 3. The van der Waals surface area contributed by atoms with Gasteiger partial charge in [0.25, 0.3) is 11.8 Å². The Morgan fingerprint density at radius 2 is 1.53 bits per heavy atom. The van der Waals surface area contributed by atoms with Crippen molar-refractivity contribution in [1.29, 1.82) is 0 Å². The van der Waals surface area contributed by atoms with Gasteiger partial charge in [0, 0.05) is 10.7 Å². The molecule has 14 heteroatoms. The third kappa shape index (κ3) is 7.45. The van der Waals surface area contributed by atoms with Crippen LogP contribution in [0.4, 0.5) is 5.69 Å². The quantitative estimate of drug-likeness (QED) is 0.131. The van der Waals surface area contributed by atoms with Gasteiger partial charge in [0.1, 0.15) is 0 Å². The first kappa shape index (κ1) is 27.3. The summed E-state index contributed by atoms with van der Waals surface area (Å²) >= 11 is 1.09. The van der Waals surface area contributed by atoms with Crippen LogP contribution in [-0.4, -0.2) is 41.2 Å². The van der Waals surface area contributed by atoms with Crippen molar-refractivity contribution in [2.75, 3.05) is 5.32 Å². The number of nitrogens with one attached hydrogen (secondary N) is 1. The summed E-state index contributed by atoms with van der Waals surface area (Å²) in [5.74, 6) is -1.40. The van der Waals surface area contributed by atoms with E-state index in [2.05, 4.69) is 9.19 Å². The summed E-state index contributed by atoms with van der Waals surface area (Å²) in [6.45, 7) is 1.32. The Morgan fingerprint density at radius 1 is 1.03 bits per heavy atom. The van der Waals surface area contributed by atoms with Crippen LogP contribution in [0, 0.1) is 10.7 Å². The average molecular weight is 817 g/mol. The summed E-state index contributed by atoms with van der Waals surface area (Å²) in [6, 6.07) is 7.35. The first-order chi connectivity index (χ1) is 13.8. The van der Waals surface area contributed by atoms with Gasteiger partial charge in [-0.3, -0.25) is 9.59 Å². The Labute approximate surface area is 214 Å². The fraction of sp³-hybridized carbons (Fsp3) is 0.0625.